The number of nitrogens with one attached hydrogen (secondary N) is 1. The van der Waals surface area contributed by atoms with Gasteiger partial charge in [-0.1, -0.05) is 59.6 Å². The zero-order chi connectivity index (χ0) is 17.5. The first kappa shape index (κ1) is 18.6. The molecular formula is C18H20Cl2N2O2. The summed E-state index contributed by atoms with van der Waals surface area (Å²) in [5, 5.41) is 13.6. The summed E-state index contributed by atoms with van der Waals surface area (Å²) in [5.74, 6) is -0.868. The van der Waals surface area contributed by atoms with Crippen molar-refractivity contribution in [2.75, 3.05) is 11.9 Å². The molecule has 4 nitrogen and oxygen atoms in total. The van der Waals surface area contributed by atoms with Gasteiger partial charge in [0.15, 0.2) is 0 Å². The number of primary amides is 1. The highest BCUT2D eigenvalue weighted by Gasteiger charge is 2.23. The van der Waals surface area contributed by atoms with Crippen molar-refractivity contribution in [1.29, 1.82) is 0 Å². The van der Waals surface area contributed by atoms with Gasteiger partial charge in [0.1, 0.15) is 0 Å². The van der Waals surface area contributed by atoms with Crippen LogP contribution >= 0.6 is 23.2 Å². The van der Waals surface area contributed by atoms with Gasteiger partial charge < -0.3 is 16.2 Å². The van der Waals surface area contributed by atoms with Crippen molar-refractivity contribution in [2.24, 2.45) is 5.73 Å². The number of aliphatic hydroxyl groups is 1. The van der Waals surface area contributed by atoms with Gasteiger partial charge in [0, 0.05) is 12.6 Å². The minimum absolute atomic E-state index is 0.0278. The summed E-state index contributed by atoms with van der Waals surface area (Å²) in [6.45, 7) is -0.0278. The number of carbonyl (C=O) groups is 1. The predicted molar refractivity (Wildman–Crippen MR) is 98.6 cm³/mol. The molecule has 0 aliphatic heterocycles. The third kappa shape index (κ3) is 4.87. The molecule has 2 unspecified atom stereocenters. The number of aliphatic hydroxyl groups excluding tert-OH is 1. The zero-order valence-electron chi connectivity index (χ0n) is 13.1. The van der Waals surface area contributed by atoms with E-state index in [0.717, 1.165) is 5.56 Å². The van der Waals surface area contributed by atoms with Crippen LogP contribution in [0.15, 0.2) is 48.5 Å². The minimum atomic E-state index is -0.462. The van der Waals surface area contributed by atoms with Crippen LogP contribution in [0.4, 0.5) is 5.69 Å². The van der Waals surface area contributed by atoms with Crippen LogP contribution in [0.2, 0.25) is 10.0 Å². The first-order valence-electron chi connectivity index (χ1n) is 7.68. The van der Waals surface area contributed by atoms with Crippen LogP contribution in [0.25, 0.3) is 0 Å². The highest BCUT2D eigenvalue weighted by molar-refractivity contribution is 6.39. The van der Waals surface area contributed by atoms with Gasteiger partial charge >= 0.3 is 0 Å². The molecule has 0 heterocycles. The number of benzene rings is 2. The Labute approximate surface area is 151 Å². The number of carbonyl (C=O) groups excluding carboxylic acids is 1. The lowest BCUT2D eigenvalue weighted by molar-refractivity contribution is -0.119. The fourth-order valence-corrected chi connectivity index (χ4v) is 3.14. The summed E-state index contributed by atoms with van der Waals surface area (Å²) >= 11 is 12.4. The second kappa shape index (κ2) is 8.92. The van der Waals surface area contributed by atoms with E-state index in [0.29, 0.717) is 28.6 Å². The van der Waals surface area contributed by atoms with E-state index >= 15 is 0 Å². The molecule has 1 amide bonds. The number of para-hydroxylation sites is 1. The highest BCUT2D eigenvalue weighted by atomic mass is 35.5. The van der Waals surface area contributed by atoms with Gasteiger partial charge in [0.2, 0.25) is 5.91 Å². The molecule has 24 heavy (non-hydrogen) atoms. The second-order valence-electron chi connectivity index (χ2n) is 5.55. The monoisotopic (exact) mass is 366 g/mol. The van der Waals surface area contributed by atoms with E-state index in [1.807, 2.05) is 30.3 Å². The summed E-state index contributed by atoms with van der Waals surface area (Å²) in [6, 6.07) is 14.4. The molecule has 2 aromatic rings. The molecule has 6 heteroatoms. The predicted octanol–water partition coefficient (Wildman–Crippen LogP) is 3.82. The standard InChI is InChI=1S/C18H20Cl2N2O2/c19-15-7-4-8-16(20)17(15)22-13(9-10-23)11-14(18(21)24)12-5-2-1-3-6-12/h1-8,13-14,22-23H,9-11H2,(H2,21,24). The first-order valence-corrected chi connectivity index (χ1v) is 8.44. The normalized spacial score (nSPS) is 13.3. The molecule has 2 rings (SSSR count). The van der Waals surface area contributed by atoms with Crippen molar-refractivity contribution in [2.45, 2.75) is 24.8 Å². The Morgan fingerprint density at radius 3 is 2.25 bits per heavy atom. The highest BCUT2D eigenvalue weighted by Crippen LogP contribution is 2.32. The lowest BCUT2D eigenvalue weighted by atomic mass is 9.90. The number of amides is 1. The summed E-state index contributed by atoms with van der Waals surface area (Å²) < 4.78 is 0. The van der Waals surface area contributed by atoms with Crippen LogP contribution in [0.3, 0.4) is 0 Å². The van der Waals surface area contributed by atoms with Crippen LogP contribution < -0.4 is 11.1 Å². The zero-order valence-corrected chi connectivity index (χ0v) is 14.6. The van der Waals surface area contributed by atoms with Crippen molar-refractivity contribution >= 4 is 34.8 Å². The van der Waals surface area contributed by atoms with Gasteiger partial charge in [-0.05, 0) is 30.5 Å². The summed E-state index contributed by atoms with van der Waals surface area (Å²) in [7, 11) is 0. The number of anilines is 1. The average Bonchev–Trinajstić information content (AvgIpc) is 2.56. The molecule has 0 spiro atoms. The Morgan fingerprint density at radius 1 is 1.08 bits per heavy atom. The molecule has 0 radical (unpaired) electrons. The molecule has 0 aromatic heterocycles. The van der Waals surface area contributed by atoms with Crippen molar-refractivity contribution in [3.8, 4) is 0 Å². The number of nitrogens with two attached hydrogens (primary N) is 1. The van der Waals surface area contributed by atoms with Crippen molar-refractivity contribution < 1.29 is 9.90 Å². The Hall–Kier alpha value is -1.75. The second-order valence-corrected chi connectivity index (χ2v) is 6.37. The van der Waals surface area contributed by atoms with E-state index in [1.54, 1.807) is 18.2 Å². The fraction of sp³-hybridized carbons (Fsp3) is 0.278. The fourth-order valence-electron chi connectivity index (χ4n) is 2.63. The summed E-state index contributed by atoms with van der Waals surface area (Å²) in [5.41, 5.74) is 7.03. The molecule has 2 aromatic carbocycles. The number of rotatable bonds is 8. The maximum atomic E-state index is 11.9. The molecule has 128 valence electrons. The lowest BCUT2D eigenvalue weighted by Crippen LogP contribution is -2.30. The molecule has 0 aliphatic carbocycles. The smallest absolute Gasteiger partial charge is 0.225 e. The molecule has 0 aliphatic rings. The van der Waals surface area contributed by atoms with Gasteiger partial charge in [0.25, 0.3) is 0 Å². The molecular weight excluding hydrogens is 347 g/mol. The number of hydrogen-bond donors (Lipinski definition) is 3. The van der Waals surface area contributed by atoms with Crippen LogP contribution in [-0.4, -0.2) is 23.7 Å². The van der Waals surface area contributed by atoms with E-state index in [9.17, 15) is 9.90 Å². The van der Waals surface area contributed by atoms with Crippen LogP contribution in [-0.2, 0) is 4.79 Å². The van der Waals surface area contributed by atoms with E-state index in [2.05, 4.69) is 5.32 Å². The molecule has 2 atom stereocenters. The Kier molecular flexibility index (Phi) is 6.91. The Bertz CT molecular complexity index is 660. The molecule has 0 saturated carbocycles. The number of hydrogen-bond acceptors (Lipinski definition) is 3. The van der Waals surface area contributed by atoms with Crippen LogP contribution in [0.1, 0.15) is 24.3 Å². The Morgan fingerprint density at radius 2 is 1.71 bits per heavy atom. The number of halogens is 2. The van der Waals surface area contributed by atoms with Crippen LogP contribution in [0.5, 0.6) is 0 Å². The van der Waals surface area contributed by atoms with Crippen LogP contribution in [0, 0.1) is 0 Å². The van der Waals surface area contributed by atoms with E-state index in [4.69, 9.17) is 28.9 Å². The average molecular weight is 367 g/mol. The summed E-state index contributed by atoms with van der Waals surface area (Å²) in [6.07, 6.45) is 0.875. The molecule has 4 N–H and O–H groups in total. The Balaban J connectivity index is 2.22. The molecule has 0 saturated heterocycles. The quantitative estimate of drug-likeness (QED) is 0.664. The third-order valence-electron chi connectivity index (χ3n) is 3.85. The maximum absolute atomic E-state index is 11.9. The van der Waals surface area contributed by atoms with Gasteiger partial charge in [-0.25, -0.2) is 0 Å². The summed E-state index contributed by atoms with van der Waals surface area (Å²) in [4.78, 5) is 11.9. The third-order valence-corrected chi connectivity index (χ3v) is 4.48. The molecule has 0 bridgehead atoms. The van der Waals surface area contributed by atoms with E-state index < -0.39 is 11.8 Å². The van der Waals surface area contributed by atoms with Crippen molar-refractivity contribution in [3.63, 3.8) is 0 Å². The van der Waals surface area contributed by atoms with Gasteiger partial charge in [-0.15, -0.1) is 0 Å². The van der Waals surface area contributed by atoms with Gasteiger partial charge in [-0.3, -0.25) is 4.79 Å². The van der Waals surface area contributed by atoms with Crippen molar-refractivity contribution in [1.82, 2.24) is 0 Å². The van der Waals surface area contributed by atoms with E-state index in [-0.39, 0.29) is 12.6 Å². The van der Waals surface area contributed by atoms with Crippen molar-refractivity contribution in [3.05, 3.63) is 64.1 Å². The maximum Gasteiger partial charge on any atom is 0.225 e. The first-order chi connectivity index (χ1) is 11.5. The molecule has 0 fully saturated rings. The van der Waals surface area contributed by atoms with Gasteiger partial charge in [-0.2, -0.15) is 0 Å². The topological polar surface area (TPSA) is 75.4 Å². The SMILES string of the molecule is NC(=O)C(CC(CCO)Nc1c(Cl)cccc1Cl)c1ccccc1. The largest absolute Gasteiger partial charge is 0.396 e. The van der Waals surface area contributed by atoms with Gasteiger partial charge in [0.05, 0.1) is 21.7 Å². The van der Waals surface area contributed by atoms with E-state index in [1.165, 1.54) is 0 Å². The minimum Gasteiger partial charge on any atom is -0.396 e. The lowest BCUT2D eigenvalue weighted by Gasteiger charge is -2.24.